The van der Waals surface area contributed by atoms with E-state index in [0.717, 1.165) is 6.07 Å². The van der Waals surface area contributed by atoms with Crippen molar-refractivity contribution in [1.29, 1.82) is 0 Å². The van der Waals surface area contributed by atoms with E-state index in [0.29, 0.717) is 32.5 Å². The summed E-state index contributed by atoms with van der Waals surface area (Å²) >= 11 is 0. The summed E-state index contributed by atoms with van der Waals surface area (Å²) in [6, 6.07) is 2.65. The van der Waals surface area contributed by atoms with E-state index in [2.05, 4.69) is 5.32 Å². The van der Waals surface area contributed by atoms with Crippen LogP contribution in [-0.2, 0) is 4.79 Å². The maximum atomic E-state index is 14.2. The zero-order valence-corrected chi connectivity index (χ0v) is 16.6. The first-order valence-corrected chi connectivity index (χ1v) is 9.69. The van der Waals surface area contributed by atoms with Crippen LogP contribution in [0, 0.1) is 17.6 Å². The lowest BCUT2D eigenvalue weighted by Crippen LogP contribution is -2.51. The molecule has 0 radical (unpaired) electrons. The van der Waals surface area contributed by atoms with Crippen molar-refractivity contribution >= 4 is 12.0 Å². The number of hydrogen-bond donors (Lipinski definition) is 2. The number of halogens is 2. The van der Waals surface area contributed by atoms with Gasteiger partial charge in [-0.05, 0) is 31.4 Å². The van der Waals surface area contributed by atoms with Gasteiger partial charge in [-0.2, -0.15) is 0 Å². The quantitative estimate of drug-likeness (QED) is 0.741. The zero-order chi connectivity index (χ0) is 20.8. The van der Waals surface area contributed by atoms with Gasteiger partial charge in [-0.3, -0.25) is 9.69 Å². The molecule has 28 heavy (non-hydrogen) atoms. The maximum Gasteiger partial charge on any atom is 0.317 e. The fraction of sp³-hybridized carbons (Fsp3) is 0.600. The van der Waals surface area contributed by atoms with Crippen molar-refractivity contribution in [3.63, 3.8) is 0 Å². The molecule has 1 aliphatic heterocycles. The molecule has 156 valence electrons. The number of piperidine rings is 1. The van der Waals surface area contributed by atoms with Crippen LogP contribution < -0.4 is 5.32 Å². The van der Waals surface area contributed by atoms with E-state index >= 15 is 0 Å². The first-order valence-electron chi connectivity index (χ1n) is 9.69. The van der Waals surface area contributed by atoms with Gasteiger partial charge in [0.2, 0.25) is 0 Å². The average molecular weight is 397 g/mol. The highest BCUT2D eigenvalue weighted by atomic mass is 19.1. The van der Waals surface area contributed by atoms with E-state index in [1.54, 1.807) is 4.90 Å². The maximum absolute atomic E-state index is 14.2. The highest BCUT2D eigenvalue weighted by Crippen LogP contribution is 2.26. The summed E-state index contributed by atoms with van der Waals surface area (Å²) in [4.78, 5) is 27.3. The van der Waals surface area contributed by atoms with Crippen molar-refractivity contribution in [1.82, 2.24) is 15.1 Å². The molecule has 0 spiro atoms. The smallest absolute Gasteiger partial charge is 0.317 e. The Kier molecular flexibility index (Phi) is 7.74. The molecule has 1 aromatic carbocycles. The molecule has 1 unspecified atom stereocenters. The Morgan fingerprint density at radius 1 is 1.29 bits per heavy atom. The number of hydrogen-bond acceptors (Lipinski definition) is 3. The van der Waals surface area contributed by atoms with Gasteiger partial charge in [0.25, 0.3) is 0 Å². The topological polar surface area (TPSA) is 72.9 Å². The van der Waals surface area contributed by atoms with Gasteiger partial charge >= 0.3 is 12.0 Å². The molecule has 8 heteroatoms. The van der Waals surface area contributed by atoms with Gasteiger partial charge in [0.15, 0.2) is 0 Å². The highest BCUT2D eigenvalue weighted by Gasteiger charge is 2.29. The molecule has 0 aliphatic carbocycles. The second-order valence-corrected chi connectivity index (χ2v) is 7.51. The number of nitrogens with zero attached hydrogens (tertiary/aromatic N) is 2. The fourth-order valence-corrected chi connectivity index (χ4v) is 3.69. The largest absolute Gasteiger partial charge is 0.480 e. The minimum absolute atomic E-state index is 0.00731. The Morgan fingerprint density at radius 2 is 1.93 bits per heavy atom. The Balaban J connectivity index is 1.99. The number of carbonyl (C=O) groups excluding carboxylic acids is 1. The number of likely N-dealkylation sites (tertiary alicyclic amines) is 1. The van der Waals surface area contributed by atoms with E-state index in [-0.39, 0.29) is 30.1 Å². The van der Waals surface area contributed by atoms with Crippen molar-refractivity contribution in [2.75, 3.05) is 26.2 Å². The molecule has 1 fully saturated rings. The number of rotatable bonds is 7. The number of benzene rings is 1. The van der Waals surface area contributed by atoms with Crippen molar-refractivity contribution in [3.8, 4) is 0 Å². The number of amides is 2. The highest BCUT2D eigenvalue weighted by molar-refractivity contribution is 5.75. The van der Waals surface area contributed by atoms with Crippen LogP contribution in [0.25, 0.3) is 0 Å². The monoisotopic (exact) mass is 397 g/mol. The first-order chi connectivity index (χ1) is 13.2. The van der Waals surface area contributed by atoms with Crippen LogP contribution in [-0.4, -0.2) is 59.1 Å². The molecule has 1 aliphatic rings. The Morgan fingerprint density at radius 3 is 2.43 bits per heavy atom. The summed E-state index contributed by atoms with van der Waals surface area (Å²) < 4.78 is 27.4. The Hall–Kier alpha value is -2.22. The summed E-state index contributed by atoms with van der Waals surface area (Å²) in [6.07, 6.45) is 1.37. The Bertz CT molecular complexity index is 691. The summed E-state index contributed by atoms with van der Waals surface area (Å²) in [7, 11) is 0. The molecule has 2 amide bonds. The molecule has 1 aromatic rings. The van der Waals surface area contributed by atoms with Gasteiger partial charge in [-0.15, -0.1) is 0 Å². The summed E-state index contributed by atoms with van der Waals surface area (Å²) in [5, 5.41) is 11.9. The molecule has 0 aromatic heterocycles. The third kappa shape index (κ3) is 5.64. The normalized spacial score (nSPS) is 16.5. The van der Waals surface area contributed by atoms with Gasteiger partial charge in [-0.1, -0.05) is 26.8 Å². The van der Waals surface area contributed by atoms with E-state index in [4.69, 9.17) is 5.11 Å². The number of carbonyl (C=O) groups is 2. The fourth-order valence-electron chi connectivity index (χ4n) is 3.69. The molecule has 1 saturated heterocycles. The molecular formula is C20H29F2N3O3. The molecule has 0 saturated carbocycles. The first kappa shape index (κ1) is 22.1. The molecule has 2 rings (SSSR count). The zero-order valence-electron chi connectivity index (χ0n) is 16.6. The number of aliphatic carboxylic acids is 1. The van der Waals surface area contributed by atoms with Crippen LogP contribution in [0.15, 0.2) is 18.2 Å². The van der Waals surface area contributed by atoms with Crippen molar-refractivity contribution in [3.05, 3.63) is 35.4 Å². The van der Waals surface area contributed by atoms with Gasteiger partial charge < -0.3 is 15.3 Å². The number of urea groups is 1. The van der Waals surface area contributed by atoms with Crippen LogP contribution in [0.3, 0.4) is 0 Å². The van der Waals surface area contributed by atoms with Crippen LogP contribution in [0.4, 0.5) is 13.6 Å². The summed E-state index contributed by atoms with van der Waals surface area (Å²) in [6.45, 7) is 7.30. The standard InChI is InChI=1S/C20H29F2N3O3/c1-4-24(12-18(26)27)15-7-9-25(10-8-15)20(28)23-19(13(2)3)16-6-5-14(21)11-17(16)22/h5-6,11,13,15,19H,4,7-10,12H2,1-3H3,(H,23,28)(H,26,27). The number of carboxylic acid groups (broad SMARTS) is 1. The lowest BCUT2D eigenvalue weighted by molar-refractivity contribution is -0.139. The van der Waals surface area contributed by atoms with Crippen LogP contribution >= 0.6 is 0 Å². The third-order valence-corrected chi connectivity index (χ3v) is 5.26. The second-order valence-electron chi connectivity index (χ2n) is 7.51. The van der Waals surface area contributed by atoms with E-state index < -0.39 is 23.6 Å². The number of likely N-dealkylation sites (N-methyl/N-ethyl adjacent to an activating group) is 1. The molecular weight excluding hydrogens is 368 g/mol. The molecule has 6 nitrogen and oxygen atoms in total. The second kappa shape index (κ2) is 9.82. The molecule has 1 heterocycles. The summed E-state index contributed by atoms with van der Waals surface area (Å²) in [5.74, 6) is -2.26. The van der Waals surface area contributed by atoms with Crippen LogP contribution in [0.5, 0.6) is 0 Å². The summed E-state index contributed by atoms with van der Waals surface area (Å²) in [5.41, 5.74) is 0.262. The number of nitrogens with one attached hydrogen (secondary N) is 1. The van der Waals surface area contributed by atoms with Gasteiger partial charge in [0.1, 0.15) is 11.6 Å². The van der Waals surface area contributed by atoms with E-state index in [9.17, 15) is 18.4 Å². The molecule has 2 N–H and O–H groups in total. The predicted octanol–water partition coefficient (Wildman–Crippen LogP) is 3.24. The SMILES string of the molecule is CCN(CC(=O)O)C1CCN(C(=O)NC(c2ccc(F)cc2F)C(C)C)CC1. The van der Waals surface area contributed by atoms with Crippen molar-refractivity contribution in [2.45, 2.75) is 45.7 Å². The Labute approximate surface area is 164 Å². The van der Waals surface area contributed by atoms with Crippen LogP contribution in [0.1, 0.15) is 45.2 Å². The predicted molar refractivity (Wildman–Crippen MR) is 102 cm³/mol. The lowest BCUT2D eigenvalue weighted by atomic mass is 9.95. The number of carboxylic acids is 1. The van der Waals surface area contributed by atoms with Gasteiger partial charge in [-0.25, -0.2) is 13.6 Å². The van der Waals surface area contributed by atoms with E-state index in [1.165, 1.54) is 12.1 Å². The van der Waals surface area contributed by atoms with Crippen molar-refractivity contribution in [2.24, 2.45) is 5.92 Å². The van der Waals surface area contributed by atoms with Crippen molar-refractivity contribution < 1.29 is 23.5 Å². The third-order valence-electron chi connectivity index (χ3n) is 5.26. The van der Waals surface area contributed by atoms with Crippen LogP contribution in [0.2, 0.25) is 0 Å². The van der Waals surface area contributed by atoms with Gasteiger partial charge in [0, 0.05) is 30.8 Å². The minimum atomic E-state index is -0.858. The lowest BCUT2D eigenvalue weighted by Gasteiger charge is -2.38. The van der Waals surface area contributed by atoms with E-state index in [1.807, 2.05) is 25.7 Å². The minimum Gasteiger partial charge on any atom is -0.480 e. The molecule has 0 bridgehead atoms. The molecule has 1 atom stereocenters. The average Bonchev–Trinajstić information content (AvgIpc) is 2.64. The van der Waals surface area contributed by atoms with Gasteiger partial charge in [0.05, 0.1) is 12.6 Å².